The highest BCUT2D eigenvalue weighted by molar-refractivity contribution is 5.39. The largest absolute Gasteiger partial charge is 0.367 e. The first kappa shape index (κ1) is 17.1. The quantitative estimate of drug-likeness (QED) is 0.534. The van der Waals surface area contributed by atoms with E-state index in [0.717, 1.165) is 31.0 Å². The van der Waals surface area contributed by atoms with Crippen LogP contribution < -0.4 is 0 Å². The van der Waals surface area contributed by atoms with Gasteiger partial charge >= 0.3 is 0 Å². The fourth-order valence-electron chi connectivity index (χ4n) is 3.54. The Morgan fingerprint density at radius 1 is 1.04 bits per heavy atom. The van der Waals surface area contributed by atoms with Crippen LogP contribution in [0.4, 0.5) is 0 Å². The molecule has 0 amide bonds. The Balaban J connectivity index is 1.26. The first-order valence-corrected chi connectivity index (χ1v) is 9.46. The monoisotopic (exact) mass is 375 g/mol. The molecule has 0 aliphatic carbocycles. The van der Waals surface area contributed by atoms with Crippen LogP contribution in [0.5, 0.6) is 0 Å². The van der Waals surface area contributed by atoms with Gasteiger partial charge in [0.05, 0.1) is 18.7 Å². The summed E-state index contributed by atoms with van der Waals surface area (Å²) in [4.78, 5) is 11.5. The molecule has 4 heterocycles. The van der Waals surface area contributed by atoms with Crippen LogP contribution >= 0.6 is 0 Å². The van der Waals surface area contributed by atoms with E-state index in [2.05, 4.69) is 44.3 Å². The Bertz CT molecular complexity index is 1030. The normalized spacial score (nSPS) is 17.9. The summed E-state index contributed by atoms with van der Waals surface area (Å²) in [5.74, 6) is 1.17. The lowest BCUT2D eigenvalue weighted by Crippen LogP contribution is -2.38. The summed E-state index contributed by atoms with van der Waals surface area (Å²) in [6.07, 6.45) is 4.30. The van der Waals surface area contributed by atoms with Gasteiger partial charge in [0.2, 0.25) is 11.7 Å². The predicted molar refractivity (Wildman–Crippen MR) is 103 cm³/mol. The van der Waals surface area contributed by atoms with Crippen LogP contribution in [0.2, 0.25) is 0 Å². The van der Waals surface area contributed by atoms with Crippen molar-refractivity contribution in [3.05, 3.63) is 83.9 Å². The standard InChI is InChI=1S/C21H21N5O2/c1-2-6-16(7-3-1)13-25-10-11-27-18(15-25)21-23-20(28-24-21)12-17-14-26-9-5-4-8-19(26)22-17/h1-9,14,18H,10-13,15H2. The van der Waals surface area contributed by atoms with Crippen molar-refractivity contribution in [2.75, 3.05) is 19.7 Å². The van der Waals surface area contributed by atoms with Gasteiger partial charge in [-0.1, -0.05) is 41.6 Å². The van der Waals surface area contributed by atoms with E-state index in [0.29, 0.717) is 24.7 Å². The highest BCUT2D eigenvalue weighted by Crippen LogP contribution is 2.22. The van der Waals surface area contributed by atoms with Gasteiger partial charge in [0.1, 0.15) is 11.8 Å². The van der Waals surface area contributed by atoms with Crippen LogP contribution in [0, 0.1) is 0 Å². The Morgan fingerprint density at radius 3 is 2.82 bits per heavy atom. The van der Waals surface area contributed by atoms with Crippen molar-refractivity contribution in [3.8, 4) is 0 Å². The molecule has 3 aromatic heterocycles. The van der Waals surface area contributed by atoms with Gasteiger partial charge in [-0.2, -0.15) is 4.98 Å². The molecule has 0 radical (unpaired) electrons. The first-order valence-electron chi connectivity index (χ1n) is 9.46. The lowest BCUT2D eigenvalue weighted by Gasteiger charge is -2.31. The zero-order valence-corrected chi connectivity index (χ0v) is 15.4. The van der Waals surface area contributed by atoms with E-state index in [1.54, 1.807) is 0 Å². The number of nitrogens with zero attached hydrogens (tertiary/aromatic N) is 5. The van der Waals surface area contributed by atoms with Crippen molar-refractivity contribution in [1.29, 1.82) is 0 Å². The fourth-order valence-corrected chi connectivity index (χ4v) is 3.54. The van der Waals surface area contributed by atoms with Gasteiger partial charge in [-0.25, -0.2) is 4.98 Å². The topological polar surface area (TPSA) is 68.7 Å². The minimum absolute atomic E-state index is 0.170. The molecule has 28 heavy (non-hydrogen) atoms. The van der Waals surface area contributed by atoms with Gasteiger partial charge in [0, 0.05) is 32.0 Å². The molecule has 1 unspecified atom stereocenters. The van der Waals surface area contributed by atoms with Crippen molar-refractivity contribution < 1.29 is 9.26 Å². The van der Waals surface area contributed by atoms with E-state index >= 15 is 0 Å². The van der Waals surface area contributed by atoms with Crippen LogP contribution in [-0.2, 0) is 17.7 Å². The highest BCUT2D eigenvalue weighted by Gasteiger charge is 2.26. The second kappa shape index (κ2) is 7.53. The number of pyridine rings is 1. The molecule has 0 N–H and O–H groups in total. The molecule has 4 aromatic rings. The van der Waals surface area contributed by atoms with Crippen LogP contribution in [0.1, 0.15) is 29.1 Å². The number of ether oxygens (including phenoxy) is 1. The summed E-state index contributed by atoms with van der Waals surface area (Å²) >= 11 is 0. The van der Waals surface area contributed by atoms with Crippen molar-refractivity contribution in [2.24, 2.45) is 0 Å². The number of hydrogen-bond acceptors (Lipinski definition) is 6. The van der Waals surface area contributed by atoms with Crippen molar-refractivity contribution in [2.45, 2.75) is 19.1 Å². The molecule has 1 aromatic carbocycles. The third-order valence-corrected chi connectivity index (χ3v) is 4.92. The summed E-state index contributed by atoms with van der Waals surface area (Å²) in [7, 11) is 0. The minimum atomic E-state index is -0.170. The predicted octanol–water partition coefficient (Wildman–Crippen LogP) is 2.88. The maximum atomic E-state index is 5.90. The number of morpholine rings is 1. The zero-order valence-electron chi connectivity index (χ0n) is 15.4. The molecular weight excluding hydrogens is 354 g/mol. The van der Waals surface area contributed by atoms with Crippen LogP contribution in [0.3, 0.4) is 0 Å². The fraction of sp³-hybridized carbons (Fsp3) is 0.286. The average molecular weight is 375 g/mol. The highest BCUT2D eigenvalue weighted by atomic mass is 16.5. The van der Waals surface area contributed by atoms with E-state index in [4.69, 9.17) is 9.26 Å². The Kier molecular flexibility index (Phi) is 4.60. The molecule has 1 aliphatic rings. The van der Waals surface area contributed by atoms with Gasteiger partial charge < -0.3 is 13.7 Å². The lowest BCUT2D eigenvalue weighted by molar-refractivity contribution is -0.0380. The van der Waals surface area contributed by atoms with Gasteiger partial charge in [0.25, 0.3) is 0 Å². The summed E-state index contributed by atoms with van der Waals surface area (Å²) in [5, 5.41) is 4.16. The van der Waals surface area contributed by atoms with Crippen molar-refractivity contribution >= 4 is 5.65 Å². The third kappa shape index (κ3) is 3.67. The maximum absolute atomic E-state index is 5.90. The number of fused-ring (bicyclic) bond motifs is 1. The van der Waals surface area contributed by atoms with E-state index in [1.165, 1.54) is 5.56 Å². The number of rotatable bonds is 5. The zero-order chi connectivity index (χ0) is 18.8. The van der Waals surface area contributed by atoms with Crippen LogP contribution in [0.25, 0.3) is 5.65 Å². The van der Waals surface area contributed by atoms with Gasteiger partial charge in [-0.05, 0) is 17.7 Å². The molecule has 1 saturated heterocycles. The molecule has 7 heteroatoms. The first-order chi connectivity index (χ1) is 13.8. The van der Waals surface area contributed by atoms with E-state index < -0.39 is 0 Å². The molecular formula is C21H21N5O2. The summed E-state index contributed by atoms with van der Waals surface area (Å²) in [6, 6.07) is 16.4. The van der Waals surface area contributed by atoms with Gasteiger partial charge in [-0.3, -0.25) is 4.90 Å². The molecule has 1 atom stereocenters. The number of benzene rings is 1. The van der Waals surface area contributed by atoms with Crippen molar-refractivity contribution in [1.82, 2.24) is 24.4 Å². The summed E-state index contributed by atoms with van der Waals surface area (Å²) < 4.78 is 13.3. The molecule has 142 valence electrons. The molecule has 0 spiro atoms. The average Bonchev–Trinajstić information content (AvgIpc) is 3.36. The molecule has 1 fully saturated rings. The number of imidazole rings is 1. The molecule has 0 bridgehead atoms. The molecule has 1 aliphatic heterocycles. The Morgan fingerprint density at radius 2 is 1.93 bits per heavy atom. The van der Waals surface area contributed by atoms with Gasteiger partial charge in [-0.15, -0.1) is 0 Å². The summed E-state index contributed by atoms with van der Waals surface area (Å²) in [5.41, 5.74) is 3.10. The van der Waals surface area contributed by atoms with E-state index in [-0.39, 0.29) is 6.10 Å². The van der Waals surface area contributed by atoms with E-state index in [9.17, 15) is 0 Å². The van der Waals surface area contributed by atoms with Crippen LogP contribution in [-0.4, -0.2) is 44.1 Å². The number of hydrogen-bond donors (Lipinski definition) is 0. The summed E-state index contributed by atoms with van der Waals surface area (Å²) in [6.45, 7) is 3.21. The second-order valence-electron chi connectivity index (χ2n) is 7.00. The van der Waals surface area contributed by atoms with Crippen molar-refractivity contribution in [3.63, 3.8) is 0 Å². The molecule has 0 saturated carbocycles. The SMILES string of the molecule is c1ccc(CN2CCOC(c3noc(Cc4cn5ccccc5n4)n3)C2)cc1. The number of aromatic nitrogens is 4. The van der Waals surface area contributed by atoms with Crippen LogP contribution in [0.15, 0.2) is 65.4 Å². The minimum Gasteiger partial charge on any atom is -0.367 e. The maximum Gasteiger partial charge on any atom is 0.232 e. The Hall–Kier alpha value is -3.03. The molecule has 7 nitrogen and oxygen atoms in total. The second-order valence-corrected chi connectivity index (χ2v) is 7.00. The molecule has 5 rings (SSSR count). The Labute approximate surface area is 162 Å². The lowest BCUT2D eigenvalue weighted by atomic mass is 10.2. The smallest absolute Gasteiger partial charge is 0.232 e. The van der Waals surface area contributed by atoms with Gasteiger partial charge in [0.15, 0.2) is 0 Å². The van der Waals surface area contributed by atoms with E-state index in [1.807, 2.05) is 41.1 Å². The third-order valence-electron chi connectivity index (χ3n) is 4.92.